The first-order chi connectivity index (χ1) is 23.0. The number of pyridine rings is 1. The molecule has 2 aromatic heterocycles. The Morgan fingerprint density at radius 2 is 1.60 bits per heavy atom. The highest BCUT2D eigenvalue weighted by Crippen LogP contribution is 2.34. The Balaban J connectivity index is 1.31. The van der Waals surface area contributed by atoms with Crippen LogP contribution in [0.3, 0.4) is 0 Å². The molecule has 2 amide bonds. The molecular weight excluding hydrogens is 610 g/mol. The van der Waals surface area contributed by atoms with Crippen LogP contribution < -0.4 is 21.3 Å². The number of hydrogen-bond acceptors (Lipinski definition) is 9. The summed E-state index contributed by atoms with van der Waals surface area (Å²) in [5, 5.41) is 26.0. The van der Waals surface area contributed by atoms with Gasteiger partial charge in [-0.15, -0.1) is 0 Å². The Morgan fingerprint density at radius 3 is 2.19 bits per heavy atom. The molecule has 4 aromatic rings. The fourth-order valence-electron chi connectivity index (χ4n) is 5.96. The Labute approximate surface area is 280 Å². The molecule has 1 aliphatic heterocycles. The lowest BCUT2D eigenvalue weighted by Gasteiger charge is -2.32. The predicted octanol–water partition coefficient (Wildman–Crippen LogP) is 4.52. The lowest BCUT2D eigenvalue weighted by Crippen LogP contribution is -2.50. The number of aromatic nitrogens is 3. The van der Waals surface area contributed by atoms with Crippen LogP contribution in [0.2, 0.25) is 0 Å². The zero-order chi connectivity index (χ0) is 34.4. The number of nitrogens with one attached hydrogen (secondary N) is 4. The Hall–Kier alpha value is -4.91. The van der Waals surface area contributed by atoms with Gasteiger partial charge < -0.3 is 25.8 Å². The Morgan fingerprint density at radius 1 is 0.958 bits per heavy atom. The summed E-state index contributed by atoms with van der Waals surface area (Å²) < 4.78 is 6.79. The van der Waals surface area contributed by atoms with E-state index in [0.717, 1.165) is 46.4 Å². The van der Waals surface area contributed by atoms with E-state index in [0.29, 0.717) is 42.4 Å². The summed E-state index contributed by atoms with van der Waals surface area (Å²) >= 11 is 0. The summed E-state index contributed by atoms with van der Waals surface area (Å²) in [6.45, 7) is 9.22. The lowest BCUT2D eigenvalue weighted by molar-refractivity contribution is -0.147. The minimum atomic E-state index is -0.897. The Kier molecular flexibility index (Phi) is 10.7. The number of aryl methyl sites for hydroxylation is 1. The second-order valence-corrected chi connectivity index (χ2v) is 12.4. The first-order valence-electron chi connectivity index (χ1n) is 16.0. The second-order valence-electron chi connectivity index (χ2n) is 12.4. The topological polar surface area (TPSA) is 160 Å². The number of hydrogen-bond donors (Lipinski definition) is 5. The number of nitrogens with zero attached hydrogens (tertiary/aromatic N) is 3. The zero-order valence-electron chi connectivity index (χ0n) is 28.0. The predicted molar refractivity (Wildman–Crippen MR) is 184 cm³/mol. The molecular formula is C36H43N7O5. The van der Waals surface area contributed by atoms with Gasteiger partial charge in [0.25, 0.3) is 11.8 Å². The molecule has 0 fully saturated rings. The molecule has 252 valence electrons. The van der Waals surface area contributed by atoms with Gasteiger partial charge in [-0.3, -0.25) is 29.4 Å². The van der Waals surface area contributed by atoms with Crippen molar-refractivity contribution in [2.24, 2.45) is 0 Å². The number of esters is 1. The van der Waals surface area contributed by atoms with Crippen molar-refractivity contribution in [3.05, 3.63) is 94.6 Å². The van der Waals surface area contributed by atoms with Crippen molar-refractivity contribution in [1.29, 1.82) is 0 Å². The summed E-state index contributed by atoms with van der Waals surface area (Å²) in [5.74, 6) is -1.01. The van der Waals surface area contributed by atoms with Crippen LogP contribution in [0.1, 0.15) is 76.1 Å². The van der Waals surface area contributed by atoms with Gasteiger partial charge in [0.15, 0.2) is 5.69 Å². The first-order valence-corrected chi connectivity index (χ1v) is 16.0. The summed E-state index contributed by atoms with van der Waals surface area (Å²) in [5.41, 5.74) is 6.33. The van der Waals surface area contributed by atoms with E-state index in [1.807, 2.05) is 61.0 Å². The number of fused-ring (bicyclic) bond motifs is 1. The summed E-state index contributed by atoms with van der Waals surface area (Å²) in [6.07, 6.45) is 3.31. The summed E-state index contributed by atoms with van der Waals surface area (Å²) in [7, 11) is 1.37. The van der Waals surface area contributed by atoms with Crippen LogP contribution in [0.25, 0.3) is 11.1 Å². The molecule has 2 aromatic carbocycles. The lowest BCUT2D eigenvalue weighted by atomic mass is 9.94. The standard InChI is InChI=1S/C36H43N7O5/c1-22-25(9-6-11-27(22)39-33(45)30-15-14-24(21-38-30)20-37-16-18-44)26-10-7-12-28(23(26)2)40-34(46)31-19-32-29(13-8-17-43(32)42-31)41-36(3,4)35(47)48-5/h6-7,9-12,14-15,19,21,29,37,41,44H,8,13,16-18,20H2,1-5H3,(H,39,45)(H,40,46). The molecule has 0 saturated carbocycles. The van der Waals surface area contributed by atoms with Gasteiger partial charge in [0.2, 0.25) is 0 Å². The number of anilines is 2. The van der Waals surface area contributed by atoms with Crippen molar-refractivity contribution in [2.45, 2.75) is 65.2 Å². The van der Waals surface area contributed by atoms with E-state index in [1.165, 1.54) is 7.11 Å². The highest BCUT2D eigenvalue weighted by Gasteiger charge is 2.34. The van der Waals surface area contributed by atoms with Crippen molar-refractivity contribution >= 4 is 29.2 Å². The molecule has 1 atom stereocenters. The van der Waals surface area contributed by atoms with Crippen molar-refractivity contribution in [3.63, 3.8) is 0 Å². The summed E-state index contributed by atoms with van der Waals surface area (Å²) in [4.78, 5) is 43.2. The highest BCUT2D eigenvalue weighted by molar-refractivity contribution is 6.05. The number of aliphatic hydroxyl groups is 1. The highest BCUT2D eigenvalue weighted by atomic mass is 16.5. The van der Waals surface area contributed by atoms with E-state index in [-0.39, 0.29) is 30.4 Å². The molecule has 5 N–H and O–H groups in total. The average molecular weight is 654 g/mol. The molecule has 1 aliphatic rings. The van der Waals surface area contributed by atoms with Gasteiger partial charge >= 0.3 is 5.97 Å². The smallest absolute Gasteiger partial charge is 0.325 e. The van der Waals surface area contributed by atoms with Crippen molar-refractivity contribution in [3.8, 4) is 11.1 Å². The van der Waals surface area contributed by atoms with Crippen LogP contribution in [-0.4, -0.2) is 63.5 Å². The minimum absolute atomic E-state index is 0.0525. The van der Waals surface area contributed by atoms with Gasteiger partial charge in [0.05, 0.1) is 25.5 Å². The van der Waals surface area contributed by atoms with Crippen molar-refractivity contribution < 1.29 is 24.2 Å². The van der Waals surface area contributed by atoms with Crippen molar-refractivity contribution in [2.75, 3.05) is 30.9 Å². The number of carbonyl (C=O) groups excluding carboxylic acids is 3. The zero-order valence-corrected chi connectivity index (χ0v) is 28.0. The van der Waals surface area contributed by atoms with Gasteiger partial charge in [-0.2, -0.15) is 5.10 Å². The van der Waals surface area contributed by atoms with Gasteiger partial charge in [-0.1, -0.05) is 30.3 Å². The average Bonchev–Trinajstić information content (AvgIpc) is 3.53. The maximum atomic E-state index is 13.5. The van der Waals surface area contributed by atoms with E-state index >= 15 is 0 Å². The second kappa shape index (κ2) is 14.9. The minimum Gasteiger partial charge on any atom is -0.468 e. The van der Waals surface area contributed by atoms with Gasteiger partial charge in [-0.05, 0) is 92.6 Å². The molecule has 0 spiro atoms. The molecule has 5 rings (SSSR count). The van der Waals surface area contributed by atoms with Crippen LogP contribution >= 0.6 is 0 Å². The Bertz CT molecular complexity index is 1800. The maximum absolute atomic E-state index is 13.5. The van der Waals surface area contributed by atoms with Gasteiger partial charge in [0, 0.05) is 37.2 Å². The number of aliphatic hydroxyl groups excluding tert-OH is 1. The number of amides is 2. The molecule has 0 aliphatic carbocycles. The normalized spacial score (nSPS) is 14.2. The van der Waals surface area contributed by atoms with E-state index < -0.39 is 5.54 Å². The van der Waals surface area contributed by atoms with Crippen LogP contribution in [-0.2, 0) is 22.6 Å². The molecule has 3 heterocycles. The van der Waals surface area contributed by atoms with E-state index in [4.69, 9.17) is 9.84 Å². The SMILES string of the molecule is COC(=O)C(C)(C)NC1CCCn2nc(C(=O)Nc3cccc(-c4cccc(NC(=O)c5ccc(CNCCO)cn5)c4C)c3C)cc21. The maximum Gasteiger partial charge on any atom is 0.325 e. The molecule has 0 bridgehead atoms. The number of carbonyl (C=O) groups is 3. The largest absolute Gasteiger partial charge is 0.468 e. The molecule has 0 radical (unpaired) electrons. The number of benzene rings is 2. The monoisotopic (exact) mass is 653 g/mol. The molecule has 12 nitrogen and oxygen atoms in total. The number of methoxy groups -OCH3 is 1. The fraction of sp³-hybridized carbons (Fsp3) is 0.361. The molecule has 12 heteroatoms. The molecule has 1 unspecified atom stereocenters. The number of ether oxygens (including phenoxy) is 1. The first kappa shape index (κ1) is 34.4. The van der Waals surface area contributed by atoms with E-state index in [9.17, 15) is 14.4 Å². The van der Waals surface area contributed by atoms with E-state index in [2.05, 4.69) is 31.3 Å². The van der Waals surface area contributed by atoms with Crippen LogP contribution in [0, 0.1) is 13.8 Å². The van der Waals surface area contributed by atoms with Crippen LogP contribution in [0.5, 0.6) is 0 Å². The van der Waals surface area contributed by atoms with Gasteiger partial charge in [0.1, 0.15) is 11.2 Å². The van der Waals surface area contributed by atoms with E-state index in [1.54, 1.807) is 32.2 Å². The van der Waals surface area contributed by atoms with Crippen molar-refractivity contribution in [1.82, 2.24) is 25.4 Å². The third-order valence-corrected chi connectivity index (χ3v) is 8.62. The third-order valence-electron chi connectivity index (χ3n) is 8.62. The quantitative estimate of drug-likeness (QED) is 0.109. The summed E-state index contributed by atoms with van der Waals surface area (Å²) in [6, 6.07) is 16.6. The van der Waals surface area contributed by atoms with Crippen LogP contribution in [0.15, 0.2) is 60.8 Å². The third kappa shape index (κ3) is 7.62. The van der Waals surface area contributed by atoms with Gasteiger partial charge in [-0.25, -0.2) is 0 Å². The number of rotatable bonds is 12. The van der Waals surface area contributed by atoms with Crippen LogP contribution in [0.4, 0.5) is 11.4 Å². The molecule has 0 saturated heterocycles. The fourth-order valence-corrected chi connectivity index (χ4v) is 5.96. The molecule has 48 heavy (non-hydrogen) atoms.